The molecule has 0 aliphatic carbocycles. The van der Waals surface area contributed by atoms with E-state index in [1.54, 1.807) is 0 Å². The summed E-state index contributed by atoms with van der Waals surface area (Å²) in [4.78, 5) is 0. The number of hydrogen-bond acceptors (Lipinski definition) is 2. The summed E-state index contributed by atoms with van der Waals surface area (Å²) >= 11 is 0. The van der Waals surface area contributed by atoms with E-state index in [0.717, 1.165) is 26.1 Å². The summed E-state index contributed by atoms with van der Waals surface area (Å²) in [5.74, 6) is 0. The van der Waals surface area contributed by atoms with Crippen LogP contribution in [-0.2, 0) is 6.42 Å². The van der Waals surface area contributed by atoms with E-state index in [4.69, 9.17) is 5.73 Å². The van der Waals surface area contributed by atoms with E-state index >= 15 is 0 Å². The lowest BCUT2D eigenvalue weighted by atomic mass is 10.1. The van der Waals surface area contributed by atoms with Crippen LogP contribution in [0.1, 0.15) is 19.4 Å². The highest BCUT2D eigenvalue weighted by Crippen LogP contribution is 1.97. The standard InChI is InChI=1S/C10H16N2.C2H6/c11-7-9-12-8-6-10-4-2-1-3-5-10;1-2/h1-5,12H,6-9,11H2;1-2H3. The van der Waals surface area contributed by atoms with Crippen molar-refractivity contribution in [2.24, 2.45) is 5.73 Å². The Morgan fingerprint density at radius 1 is 1.07 bits per heavy atom. The van der Waals surface area contributed by atoms with Gasteiger partial charge in [-0.25, -0.2) is 0 Å². The van der Waals surface area contributed by atoms with Crippen molar-refractivity contribution in [3.8, 4) is 0 Å². The first-order valence-electron chi connectivity index (χ1n) is 5.38. The molecular weight excluding hydrogens is 172 g/mol. The second-order valence-electron chi connectivity index (χ2n) is 2.77. The lowest BCUT2D eigenvalue weighted by Gasteiger charge is -2.02. The topological polar surface area (TPSA) is 38.0 Å². The maximum Gasteiger partial charge on any atom is 0.00746 e. The Labute approximate surface area is 87.5 Å². The van der Waals surface area contributed by atoms with Crippen molar-refractivity contribution in [3.63, 3.8) is 0 Å². The van der Waals surface area contributed by atoms with Gasteiger partial charge in [0.05, 0.1) is 0 Å². The van der Waals surface area contributed by atoms with E-state index in [9.17, 15) is 0 Å². The van der Waals surface area contributed by atoms with Crippen molar-refractivity contribution >= 4 is 0 Å². The van der Waals surface area contributed by atoms with Gasteiger partial charge in [0, 0.05) is 13.1 Å². The Bertz CT molecular complexity index is 197. The summed E-state index contributed by atoms with van der Waals surface area (Å²) in [5, 5.41) is 3.26. The first-order valence-corrected chi connectivity index (χ1v) is 5.38. The molecule has 0 amide bonds. The number of hydrogen-bond donors (Lipinski definition) is 2. The molecule has 2 nitrogen and oxygen atoms in total. The lowest BCUT2D eigenvalue weighted by molar-refractivity contribution is 0.689. The summed E-state index contributed by atoms with van der Waals surface area (Å²) in [5.41, 5.74) is 6.72. The van der Waals surface area contributed by atoms with Crippen LogP contribution in [0, 0.1) is 0 Å². The van der Waals surface area contributed by atoms with Gasteiger partial charge in [-0.3, -0.25) is 0 Å². The van der Waals surface area contributed by atoms with Crippen LogP contribution in [0.5, 0.6) is 0 Å². The molecule has 1 aromatic rings. The molecule has 0 bridgehead atoms. The highest BCUT2D eigenvalue weighted by molar-refractivity contribution is 5.14. The first kappa shape index (κ1) is 13.1. The van der Waals surface area contributed by atoms with Gasteiger partial charge in [-0.2, -0.15) is 0 Å². The molecule has 1 aromatic carbocycles. The molecule has 0 spiro atoms. The molecule has 1 rings (SSSR count). The smallest absolute Gasteiger partial charge is 0.00746 e. The second kappa shape index (κ2) is 10.2. The van der Waals surface area contributed by atoms with Crippen molar-refractivity contribution < 1.29 is 0 Å². The molecule has 0 atom stereocenters. The summed E-state index contributed by atoms with van der Waals surface area (Å²) in [6.45, 7) is 6.64. The van der Waals surface area contributed by atoms with Gasteiger partial charge in [0.1, 0.15) is 0 Å². The maximum atomic E-state index is 5.35. The van der Waals surface area contributed by atoms with Crippen LogP contribution < -0.4 is 11.1 Å². The third-order valence-electron chi connectivity index (χ3n) is 1.75. The highest BCUT2D eigenvalue weighted by Gasteiger charge is 1.89. The Hall–Kier alpha value is -0.860. The van der Waals surface area contributed by atoms with Crippen LogP contribution in [0.25, 0.3) is 0 Å². The molecule has 0 aliphatic rings. The molecule has 80 valence electrons. The molecule has 0 saturated carbocycles. The number of nitrogens with two attached hydrogens (primary N) is 1. The molecule has 0 aliphatic heterocycles. The summed E-state index contributed by atoms with van der Waals surface area (Å²) in [6.07, 6.45) is 1.08. The SMILES string of the molecule is CC.NCCNCCc1ccccc1. The van der Waals surface area contributed by atoms with Crippen LogP contribution in [-0.4, -0.2) is 19.6 Å². The average molecular weight is 194 g/mol. The van der Waals surface area contributed by atoms with Gasteiger partial charge in [-0.1, -0.05) is 44.2 Å². The van der Waals surface area contributed by atoms with E-state index < -0.39 is 0 Å². The highest BCUT2D eigenvalue weighted by atomic mass is 14.9. The zero-order chi connectivity index (χ0) is 10.6. The number of rotatable bonds is 5. The van der Waals surface area contributed by atoms with Gasteiger partial charge >= 0.3 is 0 Å². The van der Waals surface area contributed by atoms with Crippen LogP contribution in [0.2, 0.25) is 0 Å². The minimum atomic E-state index is 0.717. The van der Waals surface area contributed by atoms with Crippen LogP contribution in [0.3, 0.4) is 0 Å². The largest absolute Gasteiger partial charge is 0.329 e. The first-order chi connectivity index (χ1) is 6.93. The van der Waals surface area contributed by atoms with Crippen molar-refractivity contribution in [1.29, 1.82) is 0 Å². The zero-order valence-electron chi connectivity index (χ0n) is 9.29. The minimum absolute atomic E-state index is 0.717. The molecular formula is C12H22N2. The van der Waals surface area contributed by atoms with E-state index in [1.807, 2.05) is 19.9 Å². The maximum absolute atomic E-state index is 5.35. The van der Waals surface area contributed by atoms with Crippen LogP contribution in [0.4, 0.5) is 0 Å². The van der Waals surface area contributed by atoms with E-state index in [-0.39, 0.29) is 0 Å². The van der Waals surface area contributed by atoms with Crippen molar-refractivity contribution in [1.82, 2.24) is 5.32 Å². The third-order valence-corrected chi connectivity index (χ3v) is 1.75. The predicted octanol–water partition coefficient (Wildman–Crippen LogP) is 1.80. The molecule has 0 saturated heterocycles. The Kier molecular flexibility index (Phi) is 9.59. The lowest BCUT2D eigenvalue weighted by Crippen LogP contribution is -2.24. The number of benzene rings is 1. The summed E-state index contributed by atoms with van der Waals surface area (Å²) < 4.78 is 0. The zero-order valence-corrected chi connectivity index (χ0v) is 9.29. The summed E-state index contributed by atoms with van der Waals surface area (Å²) in [6, 6.07) is 10.5. The molecule has 0 radical (unpaired) electrons. The van der Waals surface area contributed by atoms with E-state index in [1.165, 1.54) is 5.56 Å². The molecule has 0 aromatic heterocycles. The van der Waals surface area contributed by atoms with Crippen molar-refractivity contribution in [2.75, 3.05) is 19.6 Å². The van der Waals surface area contributed by atoms with E-state index in [2.05, 4.69) is 29.6 Å². The van der Waals surface area contributed by atoms with Crippen LogP contribution >= 0.6 is 0 Å². The van der Waals surface area contributed by atoms with Gasteiger partial charge in [0.2, 0.25) is 0 Å². The molecule has 0 unspecified atom stereocenters. The van der Waals surface area contributed by atoms with Gasteiger partial charge in [-0.15, -0.1) is 0 Å². The average Bonchev–Trinajstić information content (AvgIpc) is 2.29. The summed E-state index contributed by atoms with van der Waals surface area (Å²) in [7, 11) is 0. The van der Waals surface area contributed by atoms with Crippen LogP contribution in [0.15, 0.2) is 30.3 Å². The molecule has 3 N–H and O–H groups in total. The third kappa shape index (κ3) is 6.63. The Morgan fingerprint density at radius 2 is 1.71 bits per heavy atom. The predicted molar refractivity (Wildman–Crippen MR) is 63.4 cm³/mol. The number of nitrogens with one attached hydrogen (secondary N) is 1. The quantitative estimate of drug-likeness (QED) is 0.701. The Morgan fingerprint density at radius 3 is 2.29 bits per heavy atom. The fourth-order valence-electron chi connectivity index (χ4n) is 1.10. The van der Waals surface area contributed by atoms with Gasteiger partial charge < -0.3 is 11.1 Å². The van der Waals surface area contributed by atoms with Gasteiger partial charge in [0.25, 0.3) is 0 Å². The molecule has 0 fully saturated rings. The Balaban J connectivity index is 0.000000791. The van der Waals surface area contributed by atoms with Gasteiger partial charge in [0.15, 0.2) is 0 Å². The van der Waals surface area contributed by atoms with Crippen molar-refractivity contribution in [3.05, 3.63) is 35.9 Å². The molecule has 0 heterocycles. The second-order valence-corrected chi connectivity index (χ2v) is 2.77. The molecule has 14 heavy (non-hydrogen) atoms. The fraction of sp³-hybridized carbons (Fsp3) is 0.500. The fourth-order valence-corrected chi connectivity index (χ4v) is 1.10. The normalized spacial score (nSPS) is 9.07. The molecule has 2 heteroatoms. The minimum Gasteiger partial charge on any atom is -0.329 e. The monoisotopic (exact) mass is 194 g/mol. The van der Waals surface area contributed by atoms with E-state index in [0.29, 0.717) is 0 Å². The van der Waals surface area contributed by atoms with Gasteiger partial charge in [-0.05, 0) is 18.5 Å². The van der Waals surface area contributed by atoms with Crippen molar-refractivity contribution in [2.45, 2.75) is 20.3 Å².